The molecule has 4 nitrogen and oxygen atoms in total. The van der Waals surface area contributed by atoms with Crippen LogP contribution in [0.4, 0.5) is 13.2 Å². The fraction of sp³-hybridized carbons (Fsp3) is 0.200. The number of nitrogens with zero attached hydrogens (tertiary/aromatic N) is 1. The number of halogens is 4. The van der Waals surface area contributed by atoms with Crippen LogP contribution in [0.1, 0.15) is 12.5 Å². The van der Waals surface area contributed by atoms with Crippen LogP contribution in [-0.2, 0) is 11.0 Å². The maximum absolute atomic E-state index is 12.8. The number of carboxylic acids is 1. The second kappa shape index (κ2) is 6.45. The largest absolute Gasteiger partial charge is 0.479 e. The van der Waals surface area contributed by atoms with E-state index in [9.17, 15) is 18.0 Å². The average Bonchev–Trinajstić information content (AvgIpc) is 2.46. The predicted octanol–water partition coefficient (Wildman–Crippen LogP) is 4.27. The highest BCUT2D eigenvalue weighted by Gasteiger charge is 2.31. The fourth-order valence-electron chi connectivity index (χ4n) is 1.77. The van der Waals surface area contributed by atoms with Crippen molar-refractivity contribution in [3.05, 3.63) is 47.1 Å². The van der Waals surface area contributed by atoms with E-state index in [4.69, 9.17) is 21.4 Å². The number of hydrogen-bond acceptors (Lipinski definition) is 3. The zero-order chi connectivity index (χ0) is 17.2. The summed E-state index contributed by atoms with van der Waals surface area (Å²) in [6, 6.07) is 7.49. The van der Waals surface area contributed by atoms with E-state index in [1.54, 1.807) is 0 Å². The number of ether oxygens (including phenoxy) is 1. The van der Waals surface area contributed by atoms with Crippen LogP contribution < -0.4 is 4.74 Å². The highest BCUT2D eigenvalue weighted by atomic mass is 35.5. The lowest BCUT2D eigenvalue weighted by molar-refractivity contribution is -0.144. The van der Waals surface area contributed by atoms with Gasteiger partial charge in [0.05, 0.1) is 11.3 Å². The van der Waals surface area contributed by atoms with Gasteiger partial charge in [0.1, 0.15) is 10.9 Å². The number of rotatable bonds is 4. The van der Waals surface area contributed by atoms with Crippen LogP contribution in [0.5, 0.6) is 5.75 Å². The Kier molecular flexibility index (Phi) is 4.79. The van der Waals surface area contributed by atoms with Crippen LogP contribution >= 0.6 is 11.6 Å². The molecule has 122 valence electrons. The minimum absolute atomic E-state index is 0.0580. The van der Waals surface area contributed by atoms with Gasteiger partial charge in [0.15, 0.2) is 6.10 Å². The van der Waals surface area contributed by atoms with Crippen molar-refractivity contribution in [3.8, 4) is 17.0 Å². The number of benzene rings is 1. The van der Waals surface area contributed by atoms with Gasteiger partial charge in [0.25, 0.3) is 0 Å². The molecule has 1 aromatic carbocycles. The van der Waals surface area contributed by atoms with Gasteiger partial charge in [-0.3, -0.25) is 0 Å². The third-order valence-electron chi connectivity index (χ3n) is 2.93. The number of hydrogen-bond donors (Lipinski definition) is 1. The average molecular weight is 346 g/mol. The second-order valence-electron chi connectivity index (χ2n) is 4.68. The molecule has 0 aliphatic heterocycles. The monoisotopic (exact) mass is 345 g/mol. The van der Waals surface area contributed by atoms with Crippen molar-refractivity contribution in [3.63, 3.8) is 0 Å². The van der Waals surface area contributed by atoms with Crippen LogP contribution in [0, 0.1) is 0 Å². The number of alkyl halides is 3. The maximum Gasteiger partial charge on any atom is 0.416 e. The third kappa shape index (κ3) is 4.35. The first kappa shape index (κ1) is 17.1. The van der Waals surface area contributed by atoms with Crippen molar-refractivity contribution >= 4 is 17.6 Å². The molecule has 1 unspecified atom stereocenters. The standard InChI is InChI=1S/C15H11ClF3NO3/c1-8(14(21)22)23-11-4-2-9(3-5-11)12-6-10(15(17,18)19)7-13(16)20-12/h2-8H,1H3,(H,21,22). The van der Waals surface area contributed by atoms with Crippen molar-refractivity contribution in [2.45, 2.75) is 19.2 Å². The summed E-state index contributed by atoms with van der Waals surface area (Å²) >= 11 is 5.64. The Hall–Kier alpha value is -2.28. The fourth-order valence-corrected chi connectivity index (χ4v) is 1.98. The number of carbonyl (C=O) groups is 1. The van der Waals surface area contributed by atoms with E-state index in [1.165, 1.54) is 31.2 Å². The van der Waals surface area contributed by atoms with Crippen LogP contribution in [0.15, 0.2) is 36.4 Å². The van der Waals surface area contributed by atoms with Gasteiger partial charge < -0.3 is 9.84 Å². The lowest BCUT2D eigenvalue weighted by Gasteiger charge is -2.12. The molecule has 2 aromatic rings. The molecule has 0 saturated heterocycles. The van der Waals surface area contributed by atoms with E-state index < -0.39 is 23.8 Å². The van der Waals surface area contributed by atoms with Gasteiger partial charge in [-0.15, -0.1) is 0 Å². The molecule has 0 amide bonds. The van der Waals surface area contributed by atoms with E-state index in [0.717, 1.165) is 12.1 Å². The number of aliphatic carboxylic acids is 1. The van der Waals surface area contributed by atoms with Crippen LogP contribution in [0.2, 0.25) is 5.15 Å². The van der Waals surface area contributed by atoms with E-state index in [-0.39, 0.29) is 16.6 Å². The lowest BCUT2D eigenvalue weighted by atomic mass is 10.1. The summed E-state index contributed by atoms with van der Waals surface area (Å²) in [5.41, 5.74) is -0.441. The van der Waals surface area contributed by atoms with Gasteiger partial charge in [-0.25, -0.2) is 9.78 Å². The molecule has 1 heterocycles. The number of pyridine rings is 1. The van der Waals surface area contributed by atoms with E-state index in [1.807, 2.05) is 0 Å². The van der Waals surface area contributed by atoms with Crippen LogP contribution in [0.25, 0.3) is 11.3 Å². The Bertz CT molecular complexity index is 717. The smallest absolute Gasteiger partial charge is 0.416 e. The first-order valence-electron chi connectivity index (χ1n) is 6.41. The highest BCUT2D eigenvalue weighted by Crippen LogP contribution is 2.33. The van der Waals surface area contributed by atoms with E-state index >= 15 is 0 Å². The summed E-state index contributed by atoms with van der Waals surface area (Å²) in [6.07, 6.45) is -5.57. The molecule has 0 radical (unpaired) electrons. The SMILES string of the molecule is CC(Oc1ccc(-c2cc(C(F)(F)F)cc(Cl)n2)cc1)C(=O)O. The molecule has 23 heavy (non-hydrogen) atoms. The summed E-state index contributed by atoms with van der Waals surface area (Å²) in [4.78, 5) is 14.6. The zero-order valence-corrected chi connectivity index (χ0v) is 12.5. The van der Waals surface area contributed by atoms with E-state index in [0.29, 0.717) is 5.56 Å². The lowest BCUT2D eigenvalue weighted by Crippen LogP contribution is -2.22. The molecule has 8 heteroatoms. The Labute approximate surface area is 134 Å². The minimum Gasteiger partial charge on any atom is -0.479 e. The van der Waals surface area contributed by atoms with Crippen molar-refractivity contribution in [1.29, 1.82) is 0 Å². The van der Waals surface area contributed by atoms with Crippen molar-refractivity contribution in [2.24, 2.45) is 0 Å². The van der Waals surface area contributed by atoms with Gasteiger partial charge in [0, 0.05) is 5.56 Å². The van der Waals surface area contributed by atoms with Crippen LogP contribution in [-0.4, -0.2) is 22.2 Å². The first-order chi connectivity index (χ1) is 10.7. The minimum atomic E-state index is -4.53. The summed E-state index contributed by atoms with van der Waals surface area (Å²) < 4.78 is 43.5. The van der Waals surface area contributed by atoms with Gasteiger partial charge in [0.2, 0.25) is 0 Å². The number of carboxylic acid groups (broad SMARTS) is 1. The Balaban J connectivity index is 2.29. The molecule has 0 aliphatic carbocycles. The summed E-state index contributed by atoms with van der Waals surface area (Å²) in [6.45, 7) is 1.37. The van der Waals surface area contributed by atoms with Gasteiger partial charge in [-0.1, -0.05) is 11.6 Å². The molecule has 0 fully saturated rings. The predicted molar refractivity (Wildman–Crippen MR) is 77.4 cm³/mol. The Morgan fingerprint density at radius 2 is 1.87 bits per heavy atom. The molecule has 0 bridgehead atoms. The van der Waals surface area contributed by atoms with Crippen molar-refractivity contribution < 1.29 is 27.8 Å². The molecule has 0 spiro atoms. The van der Waals surface area contributed by atoms with E-state index in [2.05, 4.69) is 4.98 Å². The molecule has 0 saturated carbocycles. The summed E-state index contributed by atoms with van der Waals surface area (Å²) in [7, 11) is 0. The molecule has 1 N–H and O–H groups in total. The third-order valence-corrected chi connectivity index (χ3v) is 3.13. The normalized spacial score (nSPS) is 12.7. The van der Waals surface area contributed by atoms with Crippen LogP contribution in [0.3, 0.4) is 0 Å². The maximum atomic E-state index is 12.8. The topological polar surface area (TPSA) is 59.4 Å². The molecule has 1 aromatic heterocycles. The molecular formula is C15H11ClF3NO3. The number of aromatic nitrogens is 1. The summed E-state index contributed by atoms with van der Waals surface area (Å²) in [5, 5.41) is 8.49. The first-order valence-corrected chi connectivity index (χ1v) is 6.79. The van der Waals surface area contributed by atoms with Gasteiger partial charge in [-0.05, 0) is 43.3 Å². The Morgan fingerprint density at radius 1 is 1.26 bits per heavy atom. The quantitative estimate of drug-likeness (QED) is 0.841. The highest BCUT2D eigenvalue weighted by molar-refractivity contribution is 6.29. The van der Waals surface area contributed by atoms with Crippen molar-refractivity contribution in [2.75, 3.05) is 0 Å². The molecule has 0 aliphatic rings. The van der Waals surface area contributed by atoms with Gasteiger partial charge >= 0.3 is 12.1 Å². The molecular weight excluding hydrogens is 335 g/mol. The van der Waals surface area contributed by atoms with Crippen molar-refractivity contribution in [1.82, 2.24) is 4.98 Å². The molecule has 2 rings (SSSR count). The summed E-state index contributed by atoms with van der Waals surface area (Å²) in [5.74, 6) is -0.845. The molecule has 1 atom stereocenters. The Morgan fingerprint density at radius 3 is 2.39 bits per heavy atom. The zero-order valence-electron chi connectivity index (χ0n) is 11.8. The second-order valence-corrected chi connectivity index (χ2v) is 5.07. The van der Waals surface area contributed by atoms with Gasteiger partial charge in [-0.2, -0.15) is 13.2 Å².